The van der Waals surface area contributed by atoms with Crippen LogP contribution in [0.5, 0.6) is 11.5 Å². The number of Topliss-reactive ketones (excluding diaryl/α,β-unsaturated/α-hetero) is 1. The summed E-state index contributed by atoms with van der Waals surface area (Å²) in [6, 6.07) is 13.2. The summed E-state index contributed by atoms with van der Waals surface area (Å²) < 4.78 is 15.9. The number of likely N-dealkylation sites (tertiary alicyclic amines) is 1. The van der Waals surface area contributed by atoms with E-state index in [1.807, 2.05) is 6.07 Å². The monoisotopic (exact) mass is 381 g/mol. The van der Waals surface area contributed by atoms with E-state index in [9.17, 15) is 14.7 Å². The maximum atomic E-state index is 12.8. The lowest BCUT2D eigenvalue weighted by Crippen LogP contribution is -2.32. The number of carbonyl (C=O) groups is 2. The Kier molecular flexibility index (Phi) is 4.75. The first-order chi connectivity index (χ1) is 13.6. The van der Waals surface area contributed by atoms with Gasteiger partial charge in [-0.1, -0.05) is 36.4 Å². The lowest BCUT2D eigenvalue weighted by atomic mass is 9.95. The zero-order chi connectivity index (χ0) is 19.7. The molecule has 2 heterocycles. The van der Waals surface area contributed by atoms with E-state index in [1.54, 1.807) is 42.5 Å². The molecule has 2 aliphatic rings. The van der Waals surface area contributed by atoms with E-state index in [0.29, 0.717) is 22.6 Å². The Morgan fingerprint density at radius 3 is 2.64 bits per heavy atom. The van der Waals surface area contributed by atoms with E-state index in [1.165, 1.54) is 12.0 Å². The second kappa shape index (κ2) is 7.36. The number of ketones is 1. The highest BCUT2D eigenvalue weighted by atomic mass is 16.7. The van der Waals surface area contributed by atoms with Crippen LogP contribution in [0.2, 0.25) is 0 Å². The molecule has 7 nitrogen and oxygen atoms in total. The van der Waals surface area contributed by atoms with Gasteiger partial charge >= 0.3 is 0 Å². The number of fused-ring (bicyclic) bond motifs is 1. The molecule has 144 valence electrons. The van der Waals surface area contributed by atoms with Gasteiger partial charge in [-0.3, -0.25) is 9.59 Å². The van der Waals surface area contributed by atoms with Crippen LogP contribution in [0.15, 0.2) is 54.1 Å². The number of nitrogens with zero attached hydrogens (tertiary/aromatic N) is 1. The molecule has 0 spiro atoms. The molecule has 1 fully saturated rings. The number of aliphatic hydroxyl groups excluding tert-OH is 1. The normalized spacial score (nSPS) is 20.0. The third kappa shape index (κ3) is 2.99. The van der Waals surface area contributed by atoms with Gasteiger partial charge in [0.05, 0.1) is 18.2 Å². The van der Waals surface area contributed by atoms with Gasteiger partial charge < -0.3 is 24.2 Å². The molecule has 1 amide bonds. The summed E-state index contributed by atoms with van der Waals surface area (Å²) in [5.41, 5.74) is 1.17. The van der Waals surface area contributed by atoms with Gasteiger partial charge in [-0.05, 0) is 17.7 Å². The minimum Gasteiger partial charge on any atom is -0.507 e. The first-order valence-corrected chi connectivity index (χ1v) is 8.84. The third-order valence-corrected chi connectivity index (χ3v) is 4.84. The first kappa shape index (κ1) is 18.1. The van der Waals surface area contributed by atoms with Gasteiger partial charge in [0.2, 0.25) is 6.79 Å². The molecule has 2 aromatic rings. The fraction of sp³-hybridized carbons (Fsp3) is 0.238. The lowest BCUT2D eigenvalue weighted by molar-refractivity contribution is -0.140. The summed E-state index contributed by atoms with van der Waals surface area (Å²) in [5.74, 6) is -0.464. The molecule has 0 bridgehead atoms. The molecule has 7 heteroatoms. The van der Waals surface area contributed by atoms with Crippen molar-refractivity contribution >= 4 is 17.4 Å². The molecule has 0 radical (unpaired) electrons. The number of hydrogen-bond acceptors (Lipinski definition) is 6. The van der Waals surface area contributed by atoms with Crippen molar-refractivity contribution in [1.29, 1.82) is 0 Å². The van der Waals surface area contributed by atoms with E-state index in [4.69, 9.17) is 14.2 Å². The number of ether oxygens (including phenoxy) is 3. The Morgan fingerprint density at radius 2 is 1.89 bits per heavy atom. The number of aliphatic hydroxyl groups is 1. The van der Waals surface area contributed by atoms with Crippen molar-refractivity contribution in [2.45, 2.75) is 6.04 Å². The van der Waals surface area contributed by atoms with Crippen LogP contribution >= 0.6 is 0 Å². The molecule has 0 saturated carbocycles. The number of amides is 1. The Balaban J connectivity index is 1.85. The lowest BCUT2D eigenvalue weighted by Gasteiger charge is -2.25. The predicted molar refractivity (Wildman–Crippen MR) is 99.9 cm³/mol. The predicted octanol–water partition coefficient (Wildman–Crippen LogP) is 2.48. The van der Waals surface area contributed by atoms with Crippen LogP contribution in [0.25, 0.3) is 5.76 Å². The molecule has 1 atom stereocenters. The van der Waals surface area contributed by atoms with Crippen molar-refractivity contribution in [3.05, 3.63) is 65.2 Å². The average Bonchev–Trinajstić information content (AvgIpc) is 3.29. The summed E-state index contributed by atoms with van der Waals surface area (Å²) in [6.45, 7) is 0.595. The Hall–Kier alpha value is -3.32. The fourth-order valence-electron chi connectivity index (χ4n) is 3.48. The van der Waals surface area contributed by atoms with E-state index >= 15 is 0 Å². The van der Waals surface area contributed by atoms with Crippen molar-refractivity contribution in [3.8, 4) is 11.5 Å². The Morgan fingerprint density at radius 1 is 1.14 bits per heavy atom. The van der Waals surface area contributed by atoms with Gasteiger partial charge in [0.25, 0.3) is 11.7 Å². The number of benzene rings is 2. The zero-order valence-electron chi connectivity index (χ0n) is 15.3. The molecule has 0 unspecified atom stereocenters. The van der Waals surface area contributed by atoms with Crippen LogP contribution in [0, 0.1) is 0 Å². The summed E-state index contributed by atoms with van der Waals surface area (Å²) in [4.78, 5) is 26.9. The maximum Gasteiger partial charge on any atom is 0.295 e. The second-order valence-electron chi connectivity index (χ2n) is 6.46. The summed E-state index contributed by atoms with van der Waals surface area (Å²) >= 11 is 0. The van der Waals surface area contributed by atoms with E-state index in [2.05, 4.69) is 0 Å². The summed E-state index contributed by atoms with van der Waals surface area (Å²) in [7, 11) is 1.52. The minimum absolute atomic E-state index is 0.0474. The highest BCUT2D eigenvalue weighted by Crippen LogP contribution is 2.42. The van der Waals surface area contributed by atoms with Gasteiger partial charge in [-0.2, -0.15) is 0 Å². The van der Waals surface area contributed by atoms with E-state index in [0.717, 1.165) is 0 Å². The fourth-order valence-corrected chi connectivity index (χ4v) is 3.48. The molecular formula is C21H19NO6. The minimum atomic E-state index is -0.746. The van der Waals surface area contributed by atoms with Gasteiger partial charge in [0.15, 0.2) is 11.5 Å². The largest absolute Gasteiger partial charge is 0.507 e. The average molecular weight is 381 g/mol. The molecule has 28 heavy (non-hydrogen) atoms. The van der Waals surface area contributed by atoms with Gasteiger partial charge in [-0.25, -0.2) is 0 Å². The van der Waals surface area contributed by atoms with Crippen molar-refractivity contribution in [1.82, 2.24) is 4.90 Å². The van der Waals surface area contributed by atoms with Gasteiger partial charge in [-0.15, -0.1) is 0 Å². The van der Waals surface area contributed by atoms with Crippen LogP contribution in [0.1, 0.15) is 17.2 Å². The molecule has 0 aromatic heterocycles. The number of hydrogen-bond donors (Lipinski definition) is 1. The molecular weight excluding hydrogens is 362 g/mol. The molecule has 2 aromatic carbocycles. The highest BCUT2D eigenvalue weighted by Gasteiger charge is 2.46. The van der Waals surface area contributed by atoms with Crippen molar-refractivity contribution in [2.75, 3.05) is 27.1 Å². The SMILES string of the molecule is COCCN1C(=O)C(=O)C(=C(O)c2ccccc2)[C@H]1c1ccc2c(c1)OCO2. The molecule has 0 aliphatic carbocycles. The number of carbonyl (C=O) groups excluding carboxylic acids is 2. The van der Waals surface area contributed by atoms with Crippen molar-refractivity contribution < 1.29 is 28.9 Å². The van der Waals surface area contributed by atoms with Gasteiger partial charge in [0.1, 0.15) is 5.76 Å². The van der Waals surface area contributed by atoms with Gasteiger partial charge in [0, 0.05) is 19.2 Å². The molecule has 1 saturated heterocycles. The van der Waals surface area contributed by atoms with Crippen molar-refractivity contribution in [2.24, 2.45) is 0 Å². The molecule has 2 aliphatic heterocycles. The quantitative estimate of drug-likeness (QED) is 0.487. The standard InChI is InChI=1S/C21H19NO6/c1-26-10-9-22-18(14-7-8-15-16(11-14)28-12-27-15)17(20(24)21(22)25)19(23)13-5-3-2-4-6-13/h2-8,11,18,23H,9-10,12H2,1H3/t18-/m1/s1. The highest BCUT2D eigenvalue weighted by molar-refractivity contribution is 6.46. The number of rotatable bonds is 5. The van der Waals surface area contributed by atoms with Crippen LogP contribution in [-0.2, 0) is 14.3 Å². The first-order valence-electron chi connectivity index (χ1n) is 8.84. The summed E-state index contributed by atoms with van der Waals surface area (Å²) in [6.07, 6.45) is 0. The van der Waals surface area contributed by atoms with Crippen LogP contribution in [0.4, 0.5) is 0 Å². The Labute approximate surface area is 161 Å². The topological polar surface area (TPSA) is 85.3 Å². The number of methoxy groups -OCH3 is 1. The van der Waals surface area contributed by atoms with Crippen molar-refractivity contribution in [3.63, 3.8) is 0 Å². The second-order valence-corrected chi connectivity index (χ2v) is 6.46. The van der Waals surface area contributed by atoms with Crippen LogP contribution < -0.4 is 9.47 Å². The Bertz CT molecular complexity index is 953. The van der Waals surface area contributed by atoms with Crippen LogP contribution in [-0.4, -0.2) is 48.8 Å². The van der Waals surface area contributed by atoms with E-state index in [-0.39, 0.29) is 31.3 Å². The smallest absolute Gasteiger partial charge is 0.295 e. The summed E-state index contributed by atoms with van der Waals surface area (Å²) in [5, 5.41) is 10.9. The molecule has 1 N–H and O–H groups in total. The third-order valence-electron chi connectivity index (χ3n) is 4.84. The molecule has 4 rings (SSSR count). The van der Waals surface area contributed by atoms with Crippen LogP contribution in [0.3, 0.4) is 0 Å². The zero-order valence-corrected chi connectivity index (χ0v) is 15.3. The van der Waals surface area contributed by atoms with E-state index < -0.39 is 17.7 Å². The maximum absolute atomic E-state index is 12.8.